The van der Waals surface area contributed by atoms with E-state index in [1.165, 1.54) is 12.1 Å². The molecule has 0 aliphatic carbocycles. The molecule has 10 nitrogen and oxygen atoms in total. The number of amides is 2. The van der Waals surface area contributed by atoms with Crippen LogP contribution in [0.2, 0.25) is 0 Å². The van der Waals surface area contributed by atoms with Crippen molar-refractivity contribution >= 4 is 23.2 Å². The third kappa shape index (κ3) is 6.25. The minimum atomic E-state index is -0.527. The van der Waals surface area contributed by atoms with Crippen LogP contribution in [0.1, 0.15) is 33.2 Å². The lowest BCUT2D eigenvalue weighted by molar-refractivity contribution is -0.384. The average Bonchev–Trinajstić information content (AvgIpc) is 3.07. The highest BCUT2D eigenvalue weighted by Gasteiger charge is 2.39. The Morgan fingerprint density at radius 3 is 2.07 bits per heavy atom. The van der Waals surface area contributed by atoms with E-state index in [2.05, 4.69) is 4.90 Å². The number of morpholine rings is 1. The van der Waals surface area contributed by atoms with Gasteiger partial charge in [0.1, 0.15) is 11.9 Å². The number of ether oxygens (including phenoxy) is 2. The molecule has 0 N–H and O–H groups in total. The quantitative estimate of drug-likeness (QED) is 0.195. The van der Waals surface area contributed by atoms with Gasteiger partial charge in [0.25, 0.3) is 17.5 Å². The van der Waals surface area contributed by atoms with E-state index < -0.39 is 11.1 Å². The van der Waals surface area contributed by atoms with Gasteiger partial charge in [0.05, 0.1) is 29.4 Å². The number of non-ortho nitro benzene ring substituents is 1. The van der Waals surface area contributed by atoms with Crippen molar-refractivity contribution in [2.75, 3.05) is 37.8 Å². The zero-order chi connectivity index (χ0) is 30.5. The summed E-state index contributed by atoms with van der Waals surface area (Å²) in [6.07, 6.45) is -0.527. The van der Waals surface area contributed by atoms with Gasteiger partial charge in [0.2, 0.25) is 0 Å². The second kappa shape index (κ2) is 13.0. The summed E-state index contributed by atoms with van der Waals surface area (Å²) in [6, 6.07) is 31.5. The maximum atomic E-state index is 14.2. The first-order valence-electron chi connectivity index (χ1n) is 14.5. The smallest absolute Gasteiger partial charge is 0.270 e. The lowest BCUT2D eigenvalue weighted by Crippen LogP contribution is -2.48. The average molecular weight is 593 g/mol. The van der Waals surface area contributed by atoms with Gasteiger partial charge in [-0.25, -0.2) is 0 Å². The first-order valence-corrected chi connectivity index (χ1v) is 14.5. The molecule has 2 heterocycles. The molecular weight excluding hydrogens is 560 g/mol. The number of hydrogen-bond acceptors (Lipinski definition) is 7. The van der Waals surface area contributed by atoms with Crippen LogP contribution >= 0.6 is 0 Å². The van der Waals surface area contributed by atoms with Crippen molar-refractivity contribution in [3.63, 3.8) is 0 Å². The fraction of sp³-hybridized carbons (Fsp3) is 0.235. The third-order valence-corrected chi connectivity index (χ3v) is 7.88. The Bertz CT molecular complexity index is 1630. The summed E-state index contributed by atoms with van der Waals surface area (Å²) in [4.78, 5) is 43.5. The van der Waals surface area contributed by atoms with Crippen LogP contribution in [-0.2, 0) is 22.6 Å². The second-order valence-corrected chi connectivity index (χ2v) is 10.7. The van der Waals surface area contributed by atoms with E-state index in [4.69, 9.17) is 9.47 Å². The lowest BCUT2D eigenvalue weighted by atomic mass is 9.98. The molecule has 44 heavy (non-hydrogen) atoms. The first kappa shape index (κ1) is 28.9. The van der Waals surface area contributed by atoms with Crippen LogP contribution in [-0.4, -0.2) is 59.4 Å². The fourth-order valence-corrected chi connectivity index (χ4v) is 5.66. The molecule has 2 aliphatic rings. The maximum Gasteiger partial charge on any atom is 0.270 e. The summed E-state index contributed by atoms with van der Waals surface area (Å²) in [5.41, 5.74) is 3.56. The van der Waals surface area contributed by atoms with Gasteiger partial charge in [0.15, 0.2) is 6.61 Å². The zero-order valence-electron chi connectivity index (χ0n) is 24.1. The molecule has 0 spiro atoms. The van der Waals surface area contributed by atoms with Crippen molar-refractivity contribution in [1.29, 1.82) is 0 Å². The number of benzene rings is 4. The summed E-state index contributed by atoms with van der Waals surface area (Å²) in [6.45, 7) is 2.83. The summed E-state index contributed by atoms with van der Waals surface area (Å²) in [7, 11) is 0. The van der Waals surface area contributed by atoms with E-state index in [1.807, 2.05) is 72.8 Å². The summed E-state index contributed by atoms with van der Waals surface area (Å²) in [5.74, 6) is 0.153. The Morgan fingerprint density at radius 2 is 1.45 bits per heavy atom. The van der Waals surface area contributed by atoms with Crippen LogP contribution in [0.5, 0.6) is 5.75 Å². The molecule has 0 radical (unpaired) electrons. The SMILES string of the molecule is O=C(COc1ccc([C@H]2N(Cc3ccccc3)C(=O)c3cc([N+](=O)[O-])ccc3N2Cc2ccccc2)cc1)N1CCOCC1. The molecular formula is C34H32N4O6. The maximum absolute atomic E-state index is 14.2. The van der Waals surface area contributed by atoms with Crippen LogP contribution in [0.4, 0.5) is 11.4 Å². The Hall–Kier alpha value is -5.22. The number of nitrogens with zero attached hydrogens (tertiary/aromatic N) is 4. The number of fused-ring (bicyclic) bond motifs is 1. The number of hydrogen-bond donors (Lipinski definition) is 0. The van der Waals surface area contributed by atoms with E-state index in [0.717, 1.165) is 16.7 Å². The highest BCUT2D eigenvalue weighted by atomic mass is 16.6. The van der Waals surface area contributed by atoms with E-state index in [-0.39, 0.29) is 29.7 Å². The van der Waals surface area contributed by atoms with E-state index in [9.17, 15) is 19.7 Å². The minimum absolute atomic E-state index is 0.0757. The second-order valence-electron chi connectivity index (χ2n) is 10.7. The largest absolute Gasteiger partial charge is 0.484 e. The van der Waals surface area contributed by atoms with Crippen LogP contribution in [0.3, 0.4) is 0 Å². The van der Waals surface area contributed by atoms with E-state index >= 15 is 0 Å². The molecule has 4 aromatic carbocycles. The highest BCUT2D eigenvalue weighted by molar-refractivity contribution is 6.02. The summed E-state index contributed by atoms with van der Waals surface area (Å²) >= 11 is 0. The molecule has 0 aromatic heterocycles. The first-order chi connectivity index (χ1) is 21.5. The Labute approximate surface area is 255 Å². The van der Waals surface area contributed by atoms with Gasteiger partial charge < -0.3 is 24.2 Å². The number of rotatable bonds is 9. The number of nitro groups is 1. The van der Waals surface area contributed by atoms with Gasteiger partial charge in [-0.15, -0.1) is 0 Å². The zero-order valence-corrected chi connectivity index (χ0v) is 24.1. The van der Waals surface area contributed by atoms with E-state index in [0.29, 0.717) is 50.8 Å². The predicted octanol–water partition coefficient (Wildman–Crippen LogP) is 5.19. The van der Waals surface area contributed by atoms with Crippen molar-refractivity contribution in [2.45, 2.75) is 19.3 Å². The number of nitro benzene ring substituents is 1. The number of carbonyl (C=O) groups is 2. The highest BCUT2D eigenvalue weighted by Crippen LogP contribution is 2.42. The Morgan fingerprint density at radius 1 is 0.841 bits per heavy atom. The van der Waals surface area contributed by atoms with Gasteiger partial charge in [-0.3, -0.25) is 19.7 Å². The summed E-state index contributed by atoms with van der Waals surface area (Å²) < 4.78 is 11.2. The molecule has 1 fully saturated rings. The molecule has 10 heteroatoms. The molecule has 1 saturated heterocycles. The van der Waals surface area contributed by atoms with Gasteiger partial charge >= 0.3 is 0 Å². The monoisotopic (exact) mass is 592 g/mol. The molecule has 0 unspecified atom stereocenters. The molecule has 0 bridgehead atoms. The standard InChI is InChI=1S/C34H32N4O6/c39-32(35-17-19-43-20-18-35)24-44-29-14-11-27(12-15-29)33-36(22-25-7-3-1-4-8-25)31-16-13-28(38(41)42)21-30(31)34(40)37(33)23-26-9-5-2-6-10-26/h1-16,21,33H,17-20,22-24H2/t33-/m1/s1. The molecule has 224 valence electrons. The van der Waals surface area contributed by atoms with Crippen LogP contribution in [0.25, 0.3) is 0 Å². The topological polar surface area (TPSA) is 105 Å². The van der Waals surface area contributed by atoms with Crippen molar-refractivity contribution in [1.82, 2.24) is 9.80 Å². The van der Waals surface area contributed by atoms with Gasteiger partial charge in [-0.05, 0) is 34.9 Å². The van der Waals surface area contributed by atoms with Crippen molar-refractivity contribution in [2.24, 2.45) is 0 Å². The van der Waals surface area contributed by atoms with Crippen LogP contribution < -0.4 is 9.64 Å². The van der Waals surface area contributed by atoms with Gasteiger partial charge in [0, 0.05) is 38.3 Å². The lowest BCUT2D eigenvalue weighted by Gasteiger charge is -2.46. The summed E-state index contributed by atoms with van der Waals surface area (Å²) in [5, 5.41) is 11.7. The van der Waals surface area contributed by atoms with Crippen molar-refractivity contribution in [3.05, 3.63) is 135 Å². The molecule has 2 amide bonds. The molecule has 0 saturated carbocycles. The van der Waals surface area contributed by atoms with Crippen LogP contribution in [0.15, 0.2) is 103 Å². The fourth-order valence-electron chi connectivity index (χ4n) is 5.66. The van der Waals surface area contributed by atoms with Crippen molar-refractivity contribution in [3.8, 4) is 5.75 Å². The van der Waals surface area contributed by atoms with E-state index in [1.54, 1.807) is 28.0 Å². The number of carbonyl (C=O) groups excluding carboxylic acids is 2. The molecule has 2 aliphatic heterocycles. The molecule has 1 atom stereocenters. The predicted molar refractivity (Wildman–Crippen MR) is 164 cm³/mol. The van der Waals surface area contributed by atoms with Gasteiger partial charge in [-0.1, -0.05) is 72.8 Å². The number of anilines is 1. The Balaban J connectivity index is 1.36. The molecule has 6 rings (SSSR count). The molecule has 4 aromatic rings. The Kier molecular flexibility index (Phi) is 8.51. The van der Waals surface area contributed by atoms with Gasteiger partial charge in [-0.2, -0.15) is 0 Å². The van der Waals surface area contributed by atoms with Crippen LogP contribution in [0, 0.1) is 10.1 Å². The third-order valence-electron chi connectivity index (χ3n) is 7.88. The normalized spacial score (nSPS) is 16.4. The van der Waals surface area contributed by atoms with Crippen molar-refractivity contribution < 1.29 is 24.0 Å². The minimum Gasteiger partial charge on any atom is -0.484 e.